The Morgan fingerprint density at radius 1 is 1.13 bits per heavy atom. The van der Waals surface area contributed by atoms with E-state index in [1.807, 2.05) is 5.57 Å². The van der Waals surface area contributed by atoms with Crippen LogP contribution in [0, 0.1) is 22.2 Å². The molecule has 0 aliphatic heterocycles. The molecule has 2 atom stereocenters. The highest BCUT2D eigenvalue weighted by molar-refractivity contribution is 5.36. The molecule has 84 valence electrons. The summed E-state index contributed by atoms with van der Waals surface area (Å²) in [6.45, 7) is 10.0. The molecule has 2 bridgehead atoms. The van der Waals surface area contributed by atoms with Crippen LogP contribution in [0.1, 0.15) is 59.8 Å². The van der Waals surface area contributed by atoms with Crippen molar-refractivity contribution in [3.05, 3.63) is 11.6 Å². The lowest BCUT2D eigenvalue weighted by molar-refractivity contribution is 0.0901. The molecule has 0 heterocycles. The molecule has 0 heteroatoms. The first-order chi connectivity index (χ1) is 6.90. The quantitative estimate of drug-likeness (QED) is 0.507. The SMILES string of the molecule is CC1(C)C2=CCCC(C)(C)[C@@]23CC[C@H]1C3. The summed E-state index contributed by atoms with van der Waals surface area (Å²) in [5.41, 5.74) is 3.50. The molecule has 0 saturated heterocycles. The third-order valence-corrected chi connectivity index (χ3v) is 6.16. The lowest BCUT2D eigenvalue weighted by Gasteiger charge is -2.51. The van der Waals surface area contributed by atoms with Gasteiger partial charge in [0.1, 0.15) is 0 Å². The Labute approximate surface area is 94.1 Å². The van der Waals surface area contributed by atoms with Crippen LogP contribution in [-0.4, -0.2) is 0 Å². The average Bonchev–Trinajstić information content (AvgIpc) is 2.63. The lowest BCUT2D eigenvalue weighted by Crippen LogP contribution is -2.41. The number of hydrogen-bond donors (Lipinski definition) is 0. The molecule has 0 nitrogen and oxygen atoms in total. The topological polar surface area (TPSA) is 0 Å². The van der Waals surface area contributed by atoms with E-state index < -0.39 is 0 Å². The van der Waals surface area contributed by atoms with Crippen molar-refractivity contribution in [1.29, 1.82) is 0 Å². The molecule has 15 heavy (non-hydrogen) atoms. The number of allylic oxidation sites excluding steroid dienone is 2. The zero-order valence-electron chi connectivity index (χ0n) is 10.7. The zero-order valence-corrected chi connectivity index (χ0v) is 10.7. The molecule has 3 aliphatic carbocycles. The highest BCUT2D eigenvalue weighted by atomic mass is 14.7. The third kappa shape index (κ3) is 0.946. The second-order valence-corrected chi connectivity index (χ2v) is 7.28. The van der Waals surface area contributed by atoms with Gasteiger partial charge in [-0.1, -0.05) is 39.3 Å². The fraction of sp³-hybridized carbons (Fsp3) is 0.867. The van der Waals surface area contributed by atoms with Gasteiger partial charge in [-0.25, -0.2) is 0 Å². The maximum atomic E-state index is 2.60. The molecule has 0 amide bonds. The lowest BCUT2D eigenvalue weighted by atomic mass is 9.54. The van der Waals surface area contributed by atoms with E-state index in [0.29, 0.717) is 16.2 Å². The number of rotatable bonds is 0. The van der Waals surface area contributed by atoms with Crippen molar-refractivity contribution in [3.63, 3.8) is 0 Å². The summed E-state index contributed by atoms with van der Waals surface area (Å²) in [6, 6.07) is 0. The van der Waals surface area contributed by atoms with E-state index in [4.69, 9.17) is 0 Å². The largest absolute Gasteiger partial charge is 0.0842 e. The Morgan fingerprint density at radius 2 is 1.87 bits per heavy atom. The highest BCUT2D eigenvalue weighted by Gasteiger charge is 2.63. The van der Waals surface area contributed by atoms with Gasteiger partial charge in [0.25, 0.3) is 0 Å². The van der Waals surface area contributed by atoms with Crippen molar-refractivity contribution in [2.24, 2.45) is 22.2 Å². The first kappa shape index (κ1) is 9.93. The van der Waals surface area contributed by atoms with Gasteiger partial charge in [0.05, 0.1) is 0 Å². The molecule has 2 fully saturated rings. The van der Waals surface area contributed by atoms with Gasteiger partial charge in [-0.15, -0.1) is 0 Å². The van der Waals surface area contributed by atoms with Crippen LogP contribution < -0.4 is 0 Å². The minimum Gasteiger partial charge on any atom is -0.0842 e. The number of fused-ring (bicyclic) bond motifs is 1. The van der Waals surface area contributed by atoms with Crippen molar-refractivity contribution in [1.82, 2.24) is 0 Å². The van der Waals surface area contributed by atoms with E-state index >= 15 is 0 Å². The molecule has 0 aromatic heterocycles. The van der Waals surface area contributed by atoms with Gasteiger partial charge in [-0.2, -0.15) is 0 Å². The molecule has 0 N–H and O–H groups in total. The van der Waals surface area contributed by atoms with Gasteiger partial charge in [-0.3, -0.25) is 0 Å². The predicted molar refractivity (Wildman–Crippen MR) is 64.7 cm³/mol. The minimum absolute atomic E-state index is 0.510. The average molecular weight is 204 g/mol. The third-order valence-electron chi connectivity index (χ3n) is 6.16. The van der Waals surface area contributed by atoms with E-state index in [1.54, 1.807) is 0 Å². The molecular formula is C15H24. The van der Waals surface area contributed by atoms with Crippen LogP contribution in [-0.2, 0) is 0 Å². The first-order valence-corrected chi connectivity index (χ1v) is 6.61. The maximum Gasteiger partial charge on any atom is -0.00284 e. The van der Waals surface area contributed by atoms with Gasteiger partial charge in [-0.05, 0) is 54.3 Å². The Balaban J connectivity index is 2.17. The molecule has 2 saturated carbocycles. The summed E-state index contributed by atoms with van der Waals surface area (Å²) in [5.74, 6) is 0.973. The summed E-state index contributed by atoms with van der Waals surface area (Å²) < 4.78 is 0. The van der Waals surface area contributed by atoms with Crippen LogP contribution in [0.25, 0.3) is 0 Å². The van der Waals surface area contributed by atoms with Crippen molar-refractivity contribution >= 4 is 0 Å². The van der Waals surface area contributed by atoms with Crippen LogP contribution >= 0.6 is 0 Å². The molecule has 0 radical (unpaired) electrons. The summed E-state index contributed by atoms with van der Waals surface area (Å²) in [5, 5.41) is 0. The van der Waals surface area contributed by atoms with Crippen LogP contribution in [0.15, 0.2) is 11.6 Å². The molecule has 3 aliphatic rings. The molecule has 0 aromatic carbocycles. The van der Waals surface area contributed by atoms with Crippen molar-refractivity contribution in [2.75, 3.05) is 0 Å². The van der Waals surface area contributed by atoms with E-state index in [2.05, 4.69) is 33.8 Å². The van der Waals surface area contributed by atoms with Crippen molar-refractivity contribution in [2.45, 2.75) is 59.8 Å². The smallest absolute Gasteiger partial charge is 0.00284 e. The van der Waals surface area contributed by atoms with Crippen LogP contribution in [0.3, 0.4) is 0 Å². The van der Waals surface area contributed by atoms with Gasteiger partial charge in [0.15, 0.2) is 0 Å². The van der Waals surface area contributed by atoms with Gasteiger partial charge >= 0.3 is 0 Å². The monoisotopic (exact) mass is 204 g/mol. The van der Waals surface area contributed by atoms with Crippen LogP contribution in [0.5, 0.6) is 0 Å². The van der Waals surface area contributed by atoms with E-state index in [-0.39, 0.29) is 0 Å². The van der Waals surface area contributed by atoms with Crippen LogP contribution in [0.4, 0.5) is 0 Å². The van der Waals surface area contributed by atoms with E-state index in [0.717, 1.165) is 5.92 Å². The second kappa shape index (κ2) is 2.52. The zero-order chi connectivity index (χ0) is 10.9. The van der Waals surface area contributed by atoms with Gasteiger partial charge < -0.3 is 0 Å². The Hall–Kier alpha value is -0.260. The fourth-order valence-electron chi connectivity index (χ4n) is 5.00. The second-order valence-electron chi connectivity index (χ2n) is 7.28. The summed E-state index contributed by atoms with van der Waals surface area (Å²) in [6.07, 6.45) is 9.76. The molecule has 1 spiro atoms. The van der Waals surface area contributed by atoms with Crippen molar-refractivity contribution < 1.29 is 0 Å². The van der Waals surface area contributed by atoms with E-state index in [1.165, 1.54) is 32.1 Å². The van der Waals surface area contributed by atoms with E-state index in [9.17, 15) is 0 Å². The standard InChI is InChI=1S/C15H24/c1-13(2)8-5-6-12-14(3,4)11-7-9-15(12,13)10-11/h6,11H,5,7-10H2,1-4H3/t11-,15+/m0/s1. The Kier molecular flexibility index (Phi) is 1.67. The van der Waals surface area contributed by atoms with Gasteiger partial charge in [0.2, 0.25) is 0 Å². The molecule has 3 rings (SSSR count). The predicted octanol–water partition coefficient (Wildman–Crippen LogP) is 4.56. The molecule has 0 aromatic rings. The minimum atomic E-state index is 0.510. The fourth-order valence-corrected chi connectivity index (χ4v) is 5.00. The summed E-state index contributed by atoms with van der Waals surface area (Å²) >= 11 is 0. The number of hydrogen-bond acceptors (Lipinski definition) is 0. The van der Waals surface area contributed by atoms with Crippen LogP contribution in [0.2, 0.25) is 0 Å². The Bertz CT molecular complexity index is 332. The maximum absolute atomic E-state index is 2.60. The summed E-state index contributed by atoms with van der Waals surface area (Å²) in [4.78, 5) is 0. The highest BCUT2D eigenvalue weighted by Crippen LogP contribution is 2.73. The molecular weight excluding hydrogens is 180 g/mol. The van der Waals surface area contributed by atoms with Gasteiger partial charge in [0, 0.05) is 0 Å². The Morgan fingerprint density at radius 3 is 2.53 bits per heavy atom. The first-order valence-electron chi connectivity index (χ1n) is 6.61. The normalized spacial score (nSPS) is 45.1. The molecule has 0 unspecified atom stereocenters. The summed E-state index contributed by atoms with van der Waals surface area (Å²) in [7, 11) is 0. The van der Waals surface area contributed by atoms with Crippen molar-refractivity contribution in [3.8, 4) is 0 Å².